The van der Waals surface area contributed by atoms with Crippen molar-refractivity contribution in [2.24, 2.45) is 5.92 Å². The first-order valence-corrected chi connectivity index (χ1v) is 10.0. The molecule has 1 aromatic heterocycles. The second kappa shape index (κ2) is 8.08. The maximum atomic E-state index is 11.3. The summed E-state index contributed by atoms with van der Waals surface area (Å²) in [7, 11) is 0. The third-order valence-corrected chi connectivity index (χ3v) is 6.22. The van der Waals surface area contributed by atoms with Crippen LogP contribution in [-0.4, -0.2) is 34.0 Å². The molecule has 2 heterocycles. The number of fused-ring (bicyclic) bond motifs is 1. The number of aliphatic carboxylic acids is 1. The fourth-order valence-corrected chi connectivity index (χ4v) is 4.28. The average molecular weight is 415 g/mol. The standard InChI is InChI=1S/C22H20Cl2N2O2/c23-19-4-3-17(12-20(19)24)21(26-9-6-14(7-10-26)22(27)28)16-1-2-18-13-25-8-5-15(18)11-16/h1-5,8,11-14,21H,6-7,9-10H2,(H,27,28). The lowest BCUT2D eigenvalue weighted by atomic mass is 9.90. The number of carboxylic acid groups (broad SMARTS) is 1. The molecular formula is C22H20Cl2N2O2. The first-order valence-electron chi connectivity index (χ1n) is 9.28. The monoisotopic (exact) mass is 414 g/mol. The molecule has 0 spiro atoms. The number of piperidine rings is 1. The highest BCUT2D eigenvalue weighted by Crippen LogP contribution is 2.36. The Balaban J connectivity index is 1.74. The Kier molecular flexibility index (Phi) is 5.54. The van der Waals surface area contributed by atoms with Gasteiger partial charge in [-0.25, -0.2) is 0 Å². The van der Waals surface area contributed by atoms with Crippen molar-refractivity contribution in [2.75, 3.05) is 13.1 Å². The number of carbonyl (C=O) groups is 1. The maximum absolute atomic E-state index is 11.3. The van der Waals surface area contributed by atoms with Gasteiger partial charge in [0.25, 0.3) is 0 Å². The van der Waals surface area contributed by atoms with Gasteiger partial charge in [-0.3, -0.25) is 14.7 Å². The van der Waals surface area contributed by atoms with Crippen LogP contribution < -0.4 is 0 Å². The molecule has 0 bridgehead atoms. The zero-order valence-corrected chi connectivity index (χ0v) is 16.7. The van der Waals surface area contributed by atoms with Crippen LogP contribution in [0.2, 0.25) is 10.0 Å². The second-order valence-electron chi connectivity index (χ2n) is 7.21. The minimum absolute atomic E-state index is 0.0120. The van der Waals surface area contributed by atoms with Crippen molar-refractivity contribution in [1.29, 1.82) is 0 Å². The summed E-state index contributed by atoms with van der Waals surface area (Å²) in [6.07, 6.45) is 4.93. The lowest BCUT2D eigenvalue weighted by Gasteiger charge is -2.37. The van der Waals surface area contributed by atoms with Crippen LogP contribution in [0, 0.1) is 5.92 Å². The molecule has 0 amide bonds. The minimum Gasteiger partial charge on any atom is -0.481 e. The summed E-state index contributed by atoms with van der Waals surface area (Å²) in [6.45, 7) is 1.44. The summed E-state index contributed by atoms with van der Waals surface area (Å²) >= 11 is 12.4. The lowest BCUT2D eigenvalue weighted by Crippen LogP contribution is -2.39. The van der Waals surface area contributed by atoms with Gasteiger partial charge in [-0.05, 0) is 66.7 Å². The molecule has 1 fully saturated rings. The van der Waals surface area contributed by atoms with E-state index in [1.165, 1.54) is 0 Å². The molecule has 6 heteroatoms. The maximum Gasteiger partial charge on any atom is 0.306 e. The van der Waals surface area contributed by atoms with E-state index in [1.807, 2.05) is 30.5 Å². The molecule has 1 atom stereocenters. The molecule has 3 aromatic rings. The Morgan fingerprint density at radius 1 is 1.00 bits per heavy atom. The number of benzene rings is 2. The van der Waals surface area contributed by atoms with E-state index in [0.717, 1.165) is 35.0 Å². The van der Waals surface area contributed by atoms with E-state index in [9.17, 15) is 9.90 Å². The Labute approximate surface area is 173 Å². The van der Waals surface area contributed by atoms with Gasteiger partial charge in [0.15, 0.2) is 0 Å². The smallest absolute Gasteiger partial charge is 0.306 e. The molecular weight excluding hydrogens is 395 g/mol. The molecule has 4 rings (SSSR count). The summed E-state index contributed by atoms with van der Waals surface area (Å²) in [5.74, 6) is -0.975. The summed E-state index contributed by atoms with van der Waals surface area (Å²) < 4.78 is 0. The molecule has 0 aliphatic carbocycles. The third-order valence-electron chi connectivity index (χ3n) is 5.48. The van der Waals surface area contributed by atoms with E-state index >= 15 is 0 Å². The van der Waals surface area contributed by atoms with Gasteiger partial charge in [-0.2, -0.15) is 0 Å². The molecule has 1 saturated heterocycles. The van der Waals surface area contributed by atoms with Crippen LogP contribution in [0.1, 0.15) is 30.0 Å². The first kappa shape index (κ1) is 19.2. The van der Waals surface area contributed by atoms with E-state index in [0.29, 0.717) is 22.9 Å². The topological polar surface area (TPSA) is 53.4 Å². The zero-order chi connectivity index (χ0) is 19.7. The molecule has 0 radical (unpaired) electrons. The Morgan fingerprint density at radius 2 is 1.71 bits per heavy atom. The highest BCUT2D eigenvalue weighted by molar-refractivity contribution is 6.42. The normalized spacial score (nSPS) is 16.9. The number of aromatic nitrogens is 1. The Bertz CT molecular complexity index is 1020. The van der Waals surface area contributed by atoms with E-state index in [1.54, 1.807) is 6.20 Å². The van der Waals surface area contributed by atoms with Crippen LogP contribution in [-0.2, 0) is 4.79 Å². The Morgan fingerprint density at radius 3 is 2.43 bits per heavy atom. The molecule has 1 N–H and O–H groups in total. The number of nitrogens with zero attached hydrogens (tertiary/aromatic N) is 2. The molecule has 28 heavy (non-hydrogen) atoms. The van der Waals surface area contributed by atoms with Crippen molar-refractivity contribution in [3.8, 4) is 0 Å². The van der Waals surface area contributed by atoms with E-state index < -0.39 is 5.97 Å². The largest absolute Gasteiger partial charge is 0.481 e. The number of likely N-dealkylation sites (tertiary alicyclic amines) is 1. The predicted molar refractivity (Wildman–Crippen MR) is 112 cm³/mol. The van der Waals surface area contributed by atoms with Gasteiger partial charge in [-0.15, -0.1) is 0 Å². The van der Waals surface area contributed by atoms with Gasteiger partial charge in [-0.1, -0.05) is 41.4 Å². The lowest BCUT2D eigenvalue weighted by molar-refractivity contribution is -0.143. The minimum atomic E-state index is -0.705. The molecule has 1 unspecified atom stereocenters. The average Bonchev–Trinajstić information content (AvgIpc) is 2.71. The number of hydrogen-bond acceptors (Lipinski definition) is 3. The summed E-state index contributed by atoms with van der Waals surface area (Å²) in [4.78, 5) is 17.9. The van der Waals surface area contributed by atoms with Crippen LogP contribution in [0.15, 0.2) is 54.9 Å². The molecule has 4 nitrogen and oxygen atoms in total. The second-order valence-corrected chi connectivity index (χ2v) is 8.02. The van der Waals surface area contributed by atoms with Gasteiger partial charge in [0.2, 0.25) is 0 Å². The molecule has 0 saturated carbocycles. The van der Waals surface area contributed by atoms with Crippen molar-refractivity contribution >= 4 is 39.9 Å². The van der Waals surface area contributed by atoms with Crippen LogP contribution in [0.3, 0.4) is 0 Å². The SMILES string of the molecule is O=C(O)C1CCN(C(c2ccc(Cl)c(Cl)c2)c2ccc3cnccc3c2)CC1. The number of halogens is 2. The summed E-state index contributed by atoms with van der Waals surface area (Å²) in [5.41, 5.74) is 2.20. The fourth-order valence-electron chi connectivity index (χ4n) is 3.97. The Hall–Kier alpha value is -2.14. The number of rotatable bonds is 4. The zero-order valence-electron chi connectivity index (χ0n) is 15.2. The van der Waals surface area contributed by atoms with E-state index in [-0.39, 0.29) is 12.0 Å². The van der Waals surface area contributed by atoms with Crippen molar-refractivity contribution in [3.05, 3.63) is 76.0 Å². The number of carboxylic acids is 1. The fraction of sp³-hybridized carbons (Fsp3) is 0.273. The molecule has 1 aliphatic rings. The van der Waals surface area contributed by atoms with Crippen molar-refractivity contribution < 1.29 is 9.90 Å². The summed E-state index contributed by atoms with van der Waals surface area (Å²) in [5, 5.41) is 12.6. The summed E-state index contributed by atoms with van der Waals surface area (Å²) in [6, 6.07) is 14.1. The van der Waals surface area contributed by atoms with E-state index in [4.69, 9.17) is 23.2 Å². The van der Waals surface area contributed by atoms with Gasteiger partial charge >= 0.3 is 5.97 Å². The van der Waals surface area contributed by atoms with Gasteiger partial charge in [0, 0.05) is 17.8 Å². The molecule has 1 aliphatic heterocycles. The number of hydrogen-bond donors (Lipinski definition) is 1. The van der Waals surface area contributed by atoms with Gasteiger partial charge in [0.05, 0.1) is 22.0 Å². The highest BCUT2D eigenvalue weighted by Gasteiger charge is 2.30. The molecule has 2 aromatic carbocycles. The van der Waals surface area contributed by atoms with Crippen molar-refractivity contribution in [3.63, 3.8) is 0 Å². The predicted octanol–water partition coefficient (Wildman–Crippen LogP) is 5.43. The van der Waals surface area contributed by atoms with Gasteiger partial charge in [0.1, 0.15) is 0 Å². The van der Waals surface area contributed by atoms with Crippen LogP contribution in [0.4, 0.5) is 0 Å². The van der Waals surface area contributed by atoms with Crippen LogP contribution in [0.25, 0.3) is 10.8 Å². The van der Waals surface area contributed by atoms with Crippen molar-refractivity contribution in [2.45, 2.75) is 18.9 Å². The highest BCUT2D eigenvalue weighted by atomic mass is 35.5. The third kappa shape index (κ3) is 3.86. The van der Waals surface area contributed by atoms with Gasteiger partial charge < -0.3 is 5.11 Å². The molecule has 144 valence electrons. The number of pyridine rings is 1. The van der Waals surface area contributed by atoms with Crippen molar-refractivity contribution in [1.82, 2.24) is 9.88 Å². The van der Waals surface area contributed by atoms with E-state index in [2.05, 4.69) is 28.1 Å². The quantitative estimate of drug-likeness (QED) is 0.618. The van der Waals surface area contributed by atoms with Crippen LogP contribution in [0.5, 0.6) is 0 Å². The first-order chi connectivity index (χ1) is 13.5. The van der Waals surface area contributed by atoms with Crippen LogP contribution >= 0.6 is 23.2 Å².